The first-order valence-corrected chi connectivity index (χ1v) is 6.33. The summed E-state index contributed by atoms with van der Waals surface area (Å²) in [5, 5.41) is 9.69. The molecular weight excluding hydrogens is 268 g/mol. The third-order valence-corrected chi connectivity index (χ3v) is 2.82. The molecule has 0 aromatic carbocycles. The minimum absolute atomic E-state index is 0.00361. The quantitative estimate of drug-likeness (QED) is 0.400. The SMILES string of the molecule is CCC(COC(C)=O)(COC(C)=O)CC(O)OC(C)=O. The monoisotopic (exact) mass is 290 g/mol. The third-order valence-electron chi connectivity index (χ3n) is 2.82. The summed E-state index contributed by atoms with van der Waals surface area (Å²) in [6.07, 6.45) is -0.881. The van der Waals surface area contributed by atoms with E-state index in [2.05, 4.69) is 4.74 Å². The Morgan fingerprint density at radius 1 is 1.00 bits per heavy atom. The fraction of sp³-hybridized carbons (Fsp3) is 0.769. The van der Waals surface area contributed by atoms with Crippen LogP contribution in [-0.2, 0) is 28.6 Å². The number of hydrogen-bond donors (Lipinski definition) is 1. The van der Waals surface area contributed by atoms with Crippen LogP contribution in [0.4, 0.5) is 0 Å². The summed E-state index contributed by atoms with van der Waals surface area (Å²) in [7, 11) is 0. The molecule has 7 nitrogen and oxygen atoms in total. The number of carbonyl (C=O) groups is 3. The van der Waals surface area contributed by atoms with Gasteiger partial charge in [-0.25, -0.2) is 0 Å². The van der Waals surface area contributed by atoms with Crippen LogP contribution in [0.3, 0.4) is 0 Å². The number of carbonyl (C=O) groups excluding carboxylic acids is 3. The summed E-state index contributed by atoms with van der Waals surface area (Å²) in [6.45, 7) is 5.42. The fourth-order valence-corrected chi connectivity index (χ4v) is 1.62. The van der Waals surface area contributed by atoms with Gasteiger partial charge < -0.3 is 19.3 Å². The Balaban J connectivity index is 4.82. The Labute approximate surface area is 118 Å². The van der Waals surface area contributed by atoms with Crippen LogP contribution in [0, 0.1) is 5.41 Å². The van der Waals surface area contributed by atoms with E-state index in [1.807, 2.05) is 0 Å². The zero-order chi connectivity index (χ0) is 15.8. The molecule has 0 radical (unpaired) electrons. The van der Waals surface area contributed by atoms with E-state index in [9.17, 15) is 19.5 Å². The van der Waals surface area contributed by atoms with E-state index in [1.165, 1.54) is 20.8 Å². The summed E-state index contributed by atoms with van der Waals surface area (Å²) in [6, 6.07) is 0. The van der Waals surface area contributed by atoms with Crippen molar-refractivity contribution in [2.24, 2.45) is 5.41 Å². The normalized spacial score (nSPS) is 12.4. The molecule has 0 saturated heterocycles. The van der Waals surface area contributed by atoms with Crippen LogP contribution in [0.15, 0.2) is 0 Å². The topological polar surface area (TPSA) is 99.1 Å². The van der Waals surface area contributed by atoms with Gasteiger partial charge in [-0.05, 0) is 6.42 Å². The fourth-order valence-electron chi connectivity index (χ4n) is 1.62. The van der Waals surface area contributed by atoms with Crippen molar-refractivity contribution in [2.45, 2.75) is 46.8 Å². The molecular formula is C13H22O7. The van der Waals surface area contributed by atoms with Crippen LogP contribution < -0.4 is 0 Å². The third kappa shape index (κ3) is 7.73. The lowest BCUT2D eigenvalue weighted by molar-refractivity contribution is -0.179. The van der Waals surface area contributed by atoms with Gasteiger partial charge in [0, 0.05) is 32.6 Å². The minimum atomic E-state index is -1.35. The van der Waals surface area contributed by atoms with Gasteiger partial charge in [0.05, 0.1) is 0 Å². The van der Waals surface area contributed by atoms with Crippen molar-refractivity contribution >= 4 is 17.9 Å². The van der Waals surface area contributed by atoms with Crippen molar-refractivity contribution < 1.29 is 33.7 Å². The highest BCUT2D eigenvalue weighted by Gasteiger charge is 2.35. The average Bonchev–Trinajstić information content (AvgIpc) is 2.31. The van der Waals surface area contributed by atoms with Gasteiger partial charge in [0.2, 0.25) is 6.29 Å². The lowest BCUT2D eigenvalue weighted by atomic mass is 9.83. The van der Waals surface area contributed by atoms with Crippen LogP contribution in [0.2, 0.25) is 0 Å². The highest BCUT2D eigenvalue weighted by molar-refractivity contribution is 5.66. The number of rotatable bonds is 8. The van der Waals surface area contributed by atoms with E-state index in [1.54, 1.807) is 6.92 Å². The predicted molar refractivity (Wildman–Crippen MR) is 68.4 cm³/mol. The molecule has 0 fully saturated rings. The van der Waals surface area contributed by atoms with Crippen LogP contribution in [-0.4, -0.2) is 42.5 Å². The second kappa shape index (κ2) is 8.52. The summed E-state index contributed by atoms with van der Waals surface area (Å²) in [5.74, 6) is -1.58. The van der Waals surface area contributed by atoms with Gasteiger partial charge in [-0.2, -0.15) is 0 Å². The largest absolute Gasteiger partial charge is 0.465 e. The summed E-state index contributed by atoms with van der Waals surface area (Å²) >= 11 is 0. The molecule has 0 amide bonds. The molecule has 0 aromatic heterocycles. The van der Waals surface area contributed by atoms with Gasteiger partial charge in [0.15, 0.2) is 0 Å². The number of aliphatic hydroxyl groups excluding tert-OH is 1. The Bertz CT molecular complexity index is 333. The summed E-state index contributed by atoms with van der Waals surface area (Å²) < 4.78 is 14.6. The first kappa shape index (κ1) is 18.4. The lowest BCUT2D eigenvalue weighted by Crippen LogP contribution is -2.38. The average molecular weight is 290 g/mol. The summed E-state index contributed by atoms with van der Waals surface area (Å²) in [4.78, 5) is 32.7. The lowest BCUT2D eigenvalue weighted by Gasteiger charge is -2.32. The smallest absolute Gasteiger partial charge is 0.304 e. The first-order chi connectivity index (χ1) is 9.20. The van der Waals surface area contributed by atoms with Crippen LogP contribution in [0.5, 0.6) is 0 Å². The van der Waals surface area contributed by atoms with Gasteiger partial charge in [0.25, 0.3) is 0 Å². The maximum atomic E-state index is 10.9. The maximum absolute atomic E-state index is 10.9. The van der Waals surface area contributed by atoms with Gasteiger partial charge in [-0.3, -0.25) is 14.4 Å². The van der Waals surface area contributed by atoms with Crippen LogP contribution in [0.25, 0.3) is 0 Å². The molecule has 0 aliphatic rings. The Morgan fingerprint density at radius 3 is 1.75 bits per heavy atom. The molecule has 0 aromatic rings. The van der Waals surface area contributed by atoms with Gasteiger partial charge in [0.1, 0.15) is 13.2 Å². The van der Waals surface area contributed by atoms with Crippen LogP contribution in [0.1, 0.15) is 40.5 Å². The van der Waals surface area contributed by atoms with E-state index < -0.39 is 29.6 Å². The number of esters is 3. The van der Waals surface area contributed by atoms with Gasteiger partial charge in [-0.15, -0.1) is 0 Å². The van der Waals surface area contributed by atoms with Crippen molar-refractivity contribution in [3.05, 3.63) is 0 Å². The van der Waals surface area contributed by atoms with E-state index in [0.29, 0.717) is 6.42 Å². The molecule has 0 saturated carbocycles. The Morgan fingerprint density at radius 2 is 1.45 bits per heavy atom. The van der Waals surface area contributed by atoms with E-state index >= 15 is 0 Å². The second-order valence-electron chi connectivity index (χ2n) is 4.68. The molecule has 20 heavy (non-hydrogen) atoms. The van der Waals surface area contributed by atoms with Crippen molar-refractivity contribution in [3.8, 4) is 0 Å². The molecule has 0 rings (SSSR count). The van der Waals surface area contributed by atoms with E-state index in [4.69, 9.17) is 9.47 Å². The first-order valence-electron chi connectivity index (χ1n) is 6.33. The molecule has 0 bridgehead atoms. The second-order valence-corrected chi connectivity index (χ2v) is 4.68. The van der Waals surface area contributed by atoms with Crippen molar-refractivity contribution in [3.63, 3.8) is 0 Å². The zero-order valence-electron chi connectivity index (χ0n) is 12.3. The number of ether oxygens (including phenoxy) is 3. The standard InChI is InChI=1S/C13H22O7/c1-5-13(7-18-9(2)14,8-19-10(3)15)6-12(17)20-11(4)16/h12,17H,5-8H2,1-4H3. The predicted octanol–water partition coefficient (Wildman–Crippen LogP) is 0.781. The maximum Gasteiger partial charge on any atom is 0.304 e. The minimum Gasteiger partial charge on any atom is -0.465 e. The molecule has 116 valence electrons. The molecule has 7 heteroatoms. The summed E-state index contributed by atoms with van der Waals surface area (Å²) in [5.41, 5.74) is -0.799. The van der Waals surface area contributed by atoms with Gasteiger partial charge >= 0.3 is 17.9 Å². The highest BCUT2D eigenvalue weighted by atomic mass is 16.6. The Kier molecular flexibility index (Phi) is 7.83. The highest BCUT2D eigenvalue weighted by Crippen LogP contribution is 2.30. The number of aliphatic hydroxyl groups is 1. The molecule has 0 spiro atoms. The molecule has 1 N–H and O–H groups in total. The van der Waals surface area contributed by atoms with Crippen molar-refractivity contribution in [1.29, 1.82) is 0 Å². The van der Waals surface area contributed by atoms with E-state index in [0.717, 1.165) is 0 Å². The van der Waals surface area contributed by atoms with Crippen molar-refractivity contribution in [1.82, 2.24) is 0 Å². The molecule has 0 aliphatic heterocycles. The molecule has 0 heterocycles. The Hall–Kier alpha value is -1.63. The zero-order valence-corrected chi connectivity index (χ0v) is 12.3. The van der Waals surface area contributed by atoms with Gasteiger partial charge in [-0.1, -0.05) is 6.92 Å². The van der Waals surface area contributed by atoms with Crippen molar-refractivity contribution in [2.75, 3.05) is 13.2 Å². The van der Waals surface area contributed by atoms with Crippen LogP contribution >= 0.6 is 0 Å². The number of hydrogen-bond acceptors (Lipinski definition) is 7. The molecule has 0 aliphatic carbocycles. The molecule has 1 unspecified atom stereocenters. The van der Waals surface area contributed by atoms with E-state index in [-0.39, 0.29) is 19.6 Å². The molecule has 1 atom stereocenters.